The normalized spacial score (nSPS) is 16.2. The van der Waals surface area contributed by atoms with Crippen LogP contribution in [-0.2, 0) is 4.79 Å². The first-order chi connectivity index (χ1) is 7.14. The molecule has 0 aliphatic heterocycles. The van der Waals surface area contributed by atoms with Crippen molar-refractivity contribution in [2.45, 2.75) is 59.9 Å². The van der Waals surface area contributed by atoms with Crippen LogP contribution in [0.5, 0.6) is 0 Å². The molecule has 0 heterocycles. The van der Waals surface area contributed by atoms with E-state index in [1.54, 1.807) is 0 Å². The molecule has 2 unspecified atom stereocenters. The van der Waals surface area contributed by atoms with Gasteiger partial charge in [-0.2, -0.15) is 0 Å². The molecule has 3 N–H and O–H groups in total. The molecule has 0 saturated carbocycles. The SMILES string of the molecule is CC(C)CC(C)(C)CC(C)CC(N)C(=O)O. The van der Waals surface area contributed by atoms with Crippen LogP contribution in [0.15, 0.2) is 0 Å². The molecule has 96 valence electrons. The number of hydrogen-bond acceptors (Lipinski definition) is 2. The van der Waals surface area contributed by atoms with Gasteiger partial charge in [0.25, 0.3) is 0 Å². The van der Waals surface area contributed by atoms with Gasteiger partial charge in [-0.25, -0.2) is 0 Å². The monoisotopic (exact) mass is 229 g/mol. The average molecular weight is 229 g/mol. The molecular formula is C13H27NO2. The molecule has 0 rings (SSSR count). The average Bonchev–Trinajstić information content (AvgIpc) is 1.98. The van der Waals surface area contributed by atoms with Gasteiger partial charge >= 0.3 is 5.97 Å². The first-order valence-corrected chi connectivity index (χ1v) is 6.12. The van der Waals surface area contributed by atoms with Crippen LogP contribution in [0.1, 0.15) is 53.9 Å². The van der Waals surface area contributed by atoms with Crippen LogP contribution in [0, 0.1) is 17.3 Å². The summed E-state index contributed by atoms with van der Waals surface area (Å²) < 4.78 is 0. The Hall–Kier alpha value is -0.570. The van der Waals surface area contributed by atoms with Crippen molar-refractivity contribution < 1.29 is 9.90 Å². The Labute approximate surface area is 99.4 Å². The van der Waals surface area contributed by atoms with Gasteiger partial charge in [0.05, 0.1) is 0 Å². The number of carbonyl (C=O) groups is 1. The van der Waals surface area contributed by atoms with Crippen molar-refractivity contribution >= 4 is 5.97 Å². The fraction of sp³-hybridized carbons (Fsp3) is 0.923. The van der Waals surface area contributed by atoms with Gasteiger partial charge < -0.3 is 10.8 Å². The zero-order chi connectivity index (χ0) is 12.9. The second-order valence-corrected chi connectivity index (χ2v) is 6.25. The Morgan fingerprint density at radius 2 is 1.75 bits per heavy atom. The van der Waals surface area contributed by atoms with Crippen LogP contribution >= 0.6 is 0 Å². The fourth-order valence-electron chi connectivity index (χ4n) is 2.75. The topological polar surface area (TPSA) is 63.3 Å². The van der Waals surface area contributed by atoms with Gasteiger partial charge in [0.1, 0.15) is 6.04 Å². The van der Waals surface area contributed by atoms with Crippen LogP contribution < -0.4 is 5.73 Å². The molecule has 0 aromatic carbocycles. The minimum Gasteiger partial charge on any atom is -0.480 e. The van der Waals surface area contributed by atoms with Crippen LogP contribution in [0.25, 0.3) is 0 Å². The van der Waals surface area contributed by atoms with E-state index in [-0.39, 0.29) is 5.41 Å². The quantitative estimate of drug-likeness (QED) is 0.705. The third-order valence-corrected chi connectivity index (χ3v) is 2.84. The van der Waals surface area contributed by atoms with Crippen molar-refractivity contribution in [3.8, 4) is 0 Å². The summed E-state index contributed by atoms with van der Waals surface area (Å²) >= 11 is 0. The van der Waals surface area contributed by atoms with Gasteiger partial charge in [-0.3, -0.25) is 4.79 Å². The lowest BCUT2D eigenvalue weighted by molar-refractivity contribution is -0.139. The molecule has 0 bridgehead atoms. The molecule has 0 fully saturated rings. The smallest absolute Gasteiger partial charge is 0.320 e. The Bertz CT molecular complexity index is 224. The first-order valence-electron chi connectivity index (χ1n) is 6.12. The Morgan fingerprint density at radius 3 is 2.12 bits per heavy atom. The molecule has 0 spiro atoms. The predicted molar refractivity (Wildman–Crippen MR) is 67.2 cm³/mol. The van der Waals surface area contributed by atoms with E-state index in [9.17, 15) is 4.79 Å². The molecule has 0 amide bonds. The highest BCUT2D eigenvalue weighted by Gasteiger charge is 2.24. The Kier molecular flexibility index (Phi) is 6.01. The summed E-state index contributed by atoms with van der Waals surface area (Å²) in [7, 11) is 0. The number of hydrogen-bond donors (Lipinski definition) is 2. The predicted octanol–water partition coefficient (Wildman–Crippen LogP) is 2.89. The molecule has 0 aromatic heterocycles. The molecule has 3 heteroatoms. The van der Waals surface area contributed by atoms with Crippen molar-refractivity contribution in [3.63, 3.8) is 0 Å². The van der Waals surface area contributed by atoms with Crippen LogP contribution in [0.2, 0.25) is 0 Å². The standard InChI is InChI=1S/C13H27NO2/c1-9(2)7-13(4,5)8-10(3)6-11(14)12(15)16/h9-11H,6-8,14H2,1-5H3,(H,15,16). The fourth-order valence-corrected chi connectivity index (χ4v) is 2.75. The van der Waals surface area contributed by atoms with E-state index < -0.39 is 12.0 Å². The maximum atomic E-state index is 10.7. The number of carboxylic acids is 1. The highest BCUT2D eigenvalue weighted by molar-refractivity contribution is 5.72. The van der Waals surface area contributed by atoms with Gasteiger partial charge in [0.15, 0.2) is 0 Å². The van der Waals surface area contributed by atoms with Crippen LogP contribution in [-0.4, -0.2) is 17.1 Å². The lowest BCUT2D eigenvalue weighted by Gasteiger charge is -2.30. The van der Waals surface area contributed by atoms with E-state index in [4.69, 9.17) is 10.8 Å². The summed E-state index contributed by atoms with van der Waals surface area (Å²) in [6.07, 6.45) is 2.77. The van der Waals surface area contributed by atoms with Crippen molar-refractivity contribution in [2.75, 3.05) is 0 Å². The first kappa shape index (κ1) is 15.4. The number of nitrogens with two attached hydrogens (primary N) is 1. The molecular weight excluding hydrogens is 202 g/mol. The van der Waals surface area contributed by atoms with Gasteiger partial charge in [-0.1, -0.05) is 34.6 Å². The molecule has 0 radical (unpaired) electrons. The van der Waals surface area contributed by atoms with E-state index in [2.05, 4.69) is 34.6 Å². The largest absolute Gasteiger partial charge is 0.480 e. The second kappa shape index (κ2) is 6.24. The third-order valence-electron chi connectivity index (χ3n) is 2.84. The summed E-state index contributed by atoms with van der Waals surface area (Å²) in [6, 6.07) is -0.718. The van der Waals surface area contributed by atoms with E-state index in [1.165, 1.54) is 6.42 Å². The zero-order valence-electron chi connectivity index (χ0n) is 11.3. The summed E-state index contributed by atoms with van der Waals surface area (Å²) in [5.41, 5.74) is 5.81. The Morgan fingerprint density at radius 1 is 1.25 bits per heavy atom. The van der Waals surface area contributed by atoms with Crippen molar-refractivity contribution in [1.29, 1.82) is 0 Å². The zero-order valence-corrected chi connectivity index (χ0v) is 11.3. The molecule has 0 aliphatic carbocycles. The van der Waals surface area contributed by atoms with Crippen LogP contribution in [0.4, 0.5) is 0 Å². The summed E-state index contributed by atoms with van der Waals surface area (Å²) in [5.74, 6) is 0.142. The maximum Gasteiger partial charge on any atom is 0.320 e. The molecule has 0 saturated heterocycles. The molecule has 3 nitrogen and oxygen atoms in total. The van der Waals surface area contributed by atoms with Crippen molar-refractivity contribution in [3.05, 3.63) is 0 Å². The van der Waals surface area contributed by atoms with E-state index >= 15 is 0 Å². The molecule has 0 aromatic rings. The lowest BCUT2D eigenvalue weighted by atomic mass is 9.76. The van der Waals surface area contributed by atoms with Gasteiger partial charge in [-0.05, 0) is 36.5 Å². The van der Waals surface area contributed by atoms with Gasteiger partial charge in [0, 0.05) is 0 Å². The van der Waals surface area contributed by atoms with E-state index in [0.29, 0.717) is 18.3 Å². The summed E-state index contributed by atoms with van der Waals surface area (Å²) in [4.78, 5) is 10.7. The Balaban J connectivity index is 4.12. The minimum atomic E-state index is -0.895. The van der Waals surface area contributed by atoms with Crippen LogP contribution in [0.3, 0.4) is 0 Å². The van der Waals surface area contributed by atoms with Gasteiger partial charge in [-0.15, -0.1) is 0 Å². The van der Waals surface area contributed by atoms with Gasteiger partial charge in [0.2, 0.25) is 0 Å². The van der Waals surface area contributed by atoms with E-state index in [1.807, 2.05) is 0 Å². The third kappa shape index (κ3) is 6.83. The second-order valence-electron chi connectivity index (χ2n) is 6.25. The molecule has 2 atom stereocenters. The number of rotatable bonds is 7. The van der Waals surface area contributed by atoms with Crippen molar-refractivity contribution in [2.24, 2.45) is 23.0 Å². The van der Waals surface area contributed by atoms with Crippen molar-refractivity contribution in [1.82, 2.24) is 0 Å². The number of carboxylic acid groups (broad SMARTS) is 1. The summed E-state index contributed by atoms with van der Waals surface area (Å²) in [6.45, 7) is 11.0. The highest BCUT2D eigenvalue weighted by atomic mass is 16.4. The summed E-state index contributed by atoms with van der Waals surface area (Å²) in [5, 5.41) is 8.75. The minimum absolute atomic E-state index is 0.270. The highest BCUT2D eigenvalue weighted by Crippen LogP contribution is 2.33. The lowest BCUT2D eigenvalue weighted by Crippen LogP contribution is -2.33. The molecule has 16 heavy (non-hydrogen) atoms. The van der Waals surface area contributed by atoms with E-state index in [0.717, 1.165) is 6.42 Å². The molecule has 0 aliphatic rings. The number of aliphatic carboxylic acids is 1. The maximum absolute atomic E-state index is 10.7.